The van der Waals surface area contributed by atoms with Crippen molar-refractivity contribution in [1.82, 2.24) is 14.8 Å². The molecule has 0 fully saturated rings. The molecule has 0 atom stereocenters. The molecule has 1 aromatic heterocycles. The number of ether oxygens (including phenoxy) is 1. The van der Waals surface area contributed by atoms with Crippen LogP contribution in [-0.4, -0.2) is 49.2 Å². The fourth-order valence-electron chi connectivity index (χ4n) is 3.56. The molecule has 0 saturated heterocycles. The Balaban J connectivity index is 2.01. The highest BCUT2D eigenvalue weighted by atomic mass is 16.7. The van der Waals surface area contributed by atoms with Gasteiger partial charge in [0.05, 0.1) is 19.5 Å². The van der Waals surface area contributed by atoms with Crippen molar-refractivity contribution in [3.63, 3.8) is 0 Å². The lowest BCUT2D eigenvalue weighted by molar-refractivity contribution is 0.0770. The molecule has 5 heteroatoms. The van der Waals surface area contributed by atoms with Crippen molar-refractivity contribution in [1.29, 1.82) is 0 Å². The van der Waals surface area contributed by atoms with Gasteiger partial charge in [-0.15, -0.1) is 9.94 Å². The molecule has 158 valence electrons. The summed E-state index contributed by atoms with van der Waals surface area (Å²) in [5, 5.41) is 4.45. The van der Waals surface area contributed by atoms with Crippen molar-refractivity contribution in [3.05, 3.63) is 83.7 Å². The van der Waals surface area contributed by atoms with E-state index in [1.165, 1.54) is 5.57 Å². The van der Waals surface area contributed by atoms with Crippen molar-refractivity contribution < 1.29 is 9.57 Å². The van der Waals surface area contributed by atoms with Crippen LogP contribution in [0.1, 0.15) is 36.5 Å². The summed E-state index contributed by atoms with van der Waals surface area (Å²) in [5.74, 6) is 0.870. The molecule has 0 aliphatic carbocycles. The standard InChI is InChI=1S/C25H31N3O2/c1-5-22(23-14-9-10-15-24(23)29-4)25(20-12-7-6-8-13-20)21-18-26-28(19-21)30-17-11-16-27(2)3/h6-10,12-15,18-19H,5,11,16-17H2,1-4H3/b25-22-. The SMILES string of the molecule is CC/C(=C(\c1ccccc1)c1cnn(OCCCN(C)C)c1)c1ccccc1OC. The minimum atomic E-state index is 0.622. The molecule has 1 heterocycles. The maximum Gasteiger partial charge on any atom is 0.126 e. The zero-order valence-corrected chi connectivity index (χ0v) is 18.3. The van der Waals surface area contributed by atoms with Crippen LogP contribution in [0, 0.1) is 0 Å². The van der Waals surface area contributed by atoms with E-state index in [9.17, 15) is 0 Å². The topological polar surface area (TPSA) is 39.5 Å². The van der Waals surface area contributed by atoms with Crippen molar-refractivity contribution in [3.8, 4) is 5.75 Å². The van der Waals surface area contributed by atoms with Gasteiger partial charge in [0.25, 0.3) is 0 Å². The number of benzene rings is 2. The molecular weight excluding hydrogens is 374 g/mol. The molecule has 0 radical (unpaired) electrons. The zero-order chi connectivity index (χ0) is 21.3. The molecule has 0 bridgehead atoms. The normalized spacial score (nSPS) is 12.0. The van der Waals surface area contributed by atoms with E-state index in [-0.39, 0.29) is 0 Å². The number of hydrogen-bond acceptors (Lipinski definition) is 4. The Bertz CT molecular complexity index is 961. The second-order valence-electron chi connectivity index (χ2n) is 7.40. The molecule has 0 N–H and O–H groups in total. The lowest BCUT2D eigenvalue weighted by Gasteiger charge is -2.17. The number of rotatable bonds is 10. The van der Waals surface area contributed by atoms with Gasteiger partial charge >= 0.3 is 0 Å². The molecule has 0 aliphatic rings. The molecule has 3 rings (SSSR count). The Hall–Kier alpha value is -3.05. The van der Waals surface area contributed by atoms with Gasteiger partial charge in [-0.2, -0.15) is 0 Å². The summed E-state index contributed by atoms with van der Waals surface area (Å²) in [6.45, 7) is 3.78. The van der Waals surface area contributed by atoms with Gasteiger partial charge < -0.3 is 14.5 Å². The monoisotopic (exact) mass is 405 g/mol. The predicted octanol–water partition coefficient (Wildman–Crippen LogP) is 4.64. The third kappa shape index (κ3) is 5.30. The van der Waals surface area contributed by atoms with E-state index < -0.39 is 0 Å². The first kappa shape index (κ1) is 21.7. The Labute approximate surface area is 179 Å². The Morgan fingerprint density at radius 2 is 1.73 bits per heavy atom. The summed E-state index contributed by atoms with van der Waals surface area (Å²) in [5.41, 5.74) is 5.63. The van der Waals surface area contributed by atoms with Gasteiger partial charge in [-0.3, -0.25) is 0 Å². The first-order valence-electron chi connectivity index (χ1n) is 10.4. The summed E-state index contributed by atoms with van der Waals surface area (Å²) in [4.78, 5) is 9.54. The Morgan fingerprint density at radius 3 is 2.43 bits per heavy atom. The summed E-state index contributed by atoms with van der Waals surface area (Å²) in [6.07, 6.45) is 5.65. The summed E-state index contributed by atoms with van der Waals surface area (Å²) in [6, 6.07) is 18.6. The van der Waals surface area contributed by atoms with Gasteiger partial charge in [0.15, 0.2) is 0 Å². The summed E-state index contributed by atoms with van der Waals surface area (Å²) in [7, 11) is 5.84. The first-order chi connectivity index (χ1) is 14.6. The summed E-state index contributed by atoms with van der Waals surface area (Å²) >= 11 is 0. The van der Waals surface area contributed by atoms with Crippen molar-refractivity contribution in [2.24, 2.45) is 0 Å². The van der Waals surface area contributed by atoms with Crippen LogP contribution in [0.4, 0.5) is 0 Å². The van der Waals surface area contributed by atoms with Gasteiger partial charge in [-0.1, -0.05) is 55.5 Å². The van der Waals surface area contributed by atoms with E-state index in [1.54, 1.807) is 12.0 Å². The average molecular weight is 406 g/mol. The molecule has 0 unspecified atom stereocenters. The van der Waals surface area contributed by atoms with Crippen LogP contribution in [-0.2, 0) is 0 Å². The number of allylic oxidation sites excluding steroid dienone is 1. The molecule has 2 aromatic carbocycles. The van der Waals surface area contributed by atoms with E-state index in [4.69, 9.17) is 9.57 Å². The maximum atomic E-state index is 5.82. The van der Waals surface area contributed by atoms with E-state index in [1.807, 2.05) is 36.7 Å². The Morgan fingerprint density at radius 1 is 1.00 bits per heavy atom. The van der Waals surface area contributed by atoms with Crippen LogP contribution >= 0.6 is 0 Å². The van der Waals surface area contributed by atoms with Gasteiger partial charge in [-0.25, -0.2) is 0 Å². The van der Waals surface area contributed by atoms with E-state index in [0.29, 0.717) is 6.61 Å². The zero-order valence-electron chi connectivity index (χ0n) is 18.3. The van der Waals surface area contributed by atoms with Crippen molar-refractivity contribution in [2.75, 3.05) is 34.4 Å². The Kier molecular flexibility index (Phi) is 7.69. The number of aromatic nitrogens is 2. The van der Waals surface area contributed by atoms with E-state index in [2.05, 4.69) is 61.3 Å². The molecule has 0 saturated carbocycles. The van der Waals surface area contributed by atoms with Gasteiger partial charge in [0, 0.05) is 17.7 Å². The highest BCUT2D eigenvalue weighted by Gasteiger charge is 2.17. The van der Waals surface area contributed by atoms with Crippen LogP contribution in [0.15, 0.2) is 67.0 Å². The van der Waals surface area contributed by atoms with Crippen LogP contribution in [0.2, 0.25) is 0 Å². The smallest absolute Gasteiger partial charge is 0.126 e. The average Bonchev–Trinajstić information content (AvgIpc) is 3.23. The third-order valence-electron chi connectivity index (χ3n) is 4.97. The highest BCUT2D eigenvalue weighted by molar-refractivity contribution is 5.99. The number of para-hydroxylation sites is 1. The molecular formula is C25H31N3O2. The van der Waals surface area contributed by atoms with Crippen molar-refractivity contribution >= 4 is 11.1 Å². The molecule has 30 heavy (non-hydrogen) atoms. The van der Waals surface area contributed by atoms with E-state index >= 15 is 0 Å². The van der Waals surface area contributed by atoms with Crippen LogP contribution < -0.4 is 9.57 Å². The predicted molar refractivity (Wildman–Crippen MR) is 122 cm³/mol. The minimum absolute atomic E-state index is 0.622. The third-order valence-corrected chi connectivity index (χ3v) is 4.97. The second kappa shape index (κ2) is 10.6. The first-order valence-corrected chi connectivity index (χ1v) is 10.4. The molecule has 0 spiro atoms. The molecule has 3 aromatic rings. The number of methoxy groups -OCH3 is 1. The maximum absolute atomic E-state index is 5.82. The van der Waals surface area contributed by atoms with Gasteiger partial charge in [-0.05, 0) is 49.7 Å². The minimum Gasteiger partial charge on any atom is -0.496 e. The highest BCUT2D eigenvalue weighted by Crippen LogP contribution is 2.37. The molecule has 0 amide bonds. The van der Waals surface area contributed by atoms with Gasteiger partial charge in [0.1, 0.15) is 12.4 Å². The summed E-state index contributed by atoms with van der Waals surface area (Å²) < 4.78 is 5.66. The largest absolute Gasteiger partial charge is 0.496 e. The van der Waals surface area contributed by atoms with Crippen LogP contribution in [0.3, 0.4) is 0 Å². The number of hydrogen-bond donors (Lipinski definition) is 0. The molecule has 5 nitrogen and oxygen atoms in total. The fourth-order valence-corrected chi connectivity index (χ4v) is 3.56. The van der Waals surface area contributed by atoms with E-state index in [0.717, 1.165) is 47.4 Å². The lowest BCUT2D eigenvalue weighted by atomic mass is 9.89. The fraction of sp³-hybridized carbons (Fsp3) is 0.320. The van der Waals surface area contributed by atoms with Crippen LogP contribution in [0.25, 0.3) is 11.1 Å². The molecule has 0 aliphatic heterocycles. The number of nitrogens with zero attached hydrogens (tertiary/aromatic N) is 3. The van der Waals surface area contributed by atoms with Crippen molar-refractivity contribution in [2.45, 2.75) is 19.8 Å². The quantitative estimate of drug-likeness (QED) is 0.364. The van der Waals surface area contributed by atoms with Gasteiger partial charge in [0.2, 0.25) is 0 Å². The lowest BCUT2D eigenvalue weighted by Crippen LogP contribution is -2.19. The second-order valence-corrected chi connectivity index (χ2v) is 7.40. The van der Waals surface area contributed by atoms with Crippen LogP contribution in [0.5, 0.6) is 5.75 Å².